The molecule has 1 rings (SSSR count). The highest BCUT2D eigenvalue weighted by Gasteiger charge is 2.33. The molecule has 0 spiro atoms. The molecule has 108 valence electrons. The Bertz CT molecular complexity index is 219. The van der Waals surface area contributed by atoms with Gasteiger partial charge in [0.25, 0.3) is 0 Å². The predicted octanol–water partition coefficient (Wildman–Crippen LogP) is 4.14. The molecule has 2 nitrogen and oxygen atoms in total. The summed E-state index contributed by atoms with van der Waals surface area (Å²) >= 11 is 0. The largest absolute Gasteiger partial charge is 0.379 e. The summed E-state index contributed by atoms with van der Waals surface area (Å²) < 4.78 is 5.58. The van der Waals surface area contributed by atoms with Crippen molar-refractivity contribution in [1.29, 1.82) is 0 Å². The van der Waals surface area contributed by atoms with E-state index in [1.54, 1.807) is 0 Å². The van der Waals surface area contributed by atoms with Crippen LogP contribution in [-0.2, 0) is 4.74 Å². The molecule has 0 aromatic heterocycles. The molecule has 0 aliphatic heterocycles. The van der Waals surface area contributed by atoms with Crippen molar-refractivity contribution in [2.45, 2.75) is 77.7 Å². The Morgan fingerprint density at radius 3 is 2.39 bits per heavy atom. The highest BCUT2D eigenvalue weighted by Crippen LogP contribution is 2.41. The fraction of sp³-hybridized carbons (Fsp3) is 1.00. The monoisotopic (exact) mass is 255 g/mol. The van der Waals surface area contributed by atoms with Crippen LogP contribution in [0.1, 0.15) is 72.1 Å². The summed E-state index contributed by atoms with van der Waals surface area (Å²) in [6.07, 6.45) is 10.8. The molecule has 1 aliphatic carbocycles. The number of hydrogen-bond donors (Lipinski definition) is 1. The number of methoxy groups -OCH3 is 1. The smallest absolute Gasteiger partial charge is 0.0623 e. The molecule has 0 atom stereocenters. The average molecular weight is 255 g/mol. The number of hydrogen-bond acceptors (Lipinski definition) is 2. The summed E-state index contributed by atoms with van der Waals surface area (Å²) in [7, 11) is 1.84. The van der Waals surface area contributed by atoms with Crippen molar-refractivity contribution in [1.82, 2.24) is 5.32 Å². The first kappa shape index (κ1) is 16.0. The van der Waals surface area contributed by atoms with Gasteiger partial charge in [0.15, 0.2) is 0 Å². The normalized spacial score (nSPS) is 20.0. The van der Waals surface area contributed by atoms with Crippen LogP contribution in [0.4, 0.5) is 0 Å². The van der Waals surface area contributed by atoms with Gasteiger partial charge >= 0.3 is 0 Å². The standard InChI is InChI=1S/C16H33NO/c1-5-13-17-14-16(9-7-6-8-10-16)12-11-15(2,3)18-4/h17H,5-14H2,1-4H3. The zero-order chi connectivity index (χ0) is 13.5. The average Bonchev–Trinajstić information content (AvgIpc) is 2.38. The molecule has 0 unspecified atom stereocenters. The maximum absolute atomic E-state index is 5.58. The van der Waals surface area contributed by atoms with Gasteiger partial charge in [-0.05, 0) is 57.9 Å². The van der Waals surface area contributed by atoms with Gasteiger partial charge in [-0.2, -0.15) is 0 Å². The first-order valence-electron chi connectivity index (χ1n) is 7.79. The molecular formula is C16H33NO. The second kappa shape index (κ2) is 7.49. The minimum Gasteiger partial charge on any atom is -0.379 e. The van der Waals surface area contributed by atoms with Crippen molar-refractivity contribution in [2.75, 3.05) is 20.2 Å². The van der Waals surface area contributed by atoms with Crippen LogP contribution in [-0.4, -0.2) is 25.8 Å². The molecule has 0 bridgehead atoms. The van der Waals surface area contributed by atoms with Crippen LogP contribution >= 0.6 is 0 Å². The zero-order valence-corrected chi connectivity index (χ0v) is 13.0. The van der Waals surface area contributed by atoms with Gasteiger partial charge in [0.2, 0.25) is 0 Å². The van der Waals surface area contributed by atoms with Gasteiger partial charge in [-0.15, -0.1) is 0 Å². The maximum atomic E-state index is 5.58. The summed E-state index contributed by atoms with van der Waals surface area (Å²) in [6.45, 7) is 9.04. The third-order valence-electron chi connectivity index (χ3n) is 4.65. The van der Waals surface area contributed by atoms with Gasteiger partial charge in [0.1, 0.15) is 0 Å². The first-order valence-corrected chi connectivity index (χ1v) is 7.79. The molecule has 0 aromatic carbocycles. The number of nitrogens with one attached hydrogen (secondary N) is 1. The Morgan fingerprint density at radius 1 is 1.17 bits per heavy atom. The van der Waals surface area contributed by atoms with Gasteiger partial charge in [-0.25, -0.2) is 0 Å². The lowest BCUT2D eigenvalue weighted by Crippen LogP contribution is -2.38. The Balaban J connectivity index is 2.48. The van der Waals surface area contributed by atoms with E-state index in [1.165, 1.54) is 57.9 Å². The maximum Gasteiger partial charge on any atom is 0.0623 e. The van der Waals surface area contributed by atoms with Gasteiger partial charge in [0.05, 0.1) is 5.60 Å². The third-order valence-corrected chi connectivity index (χ3v) is 4.65. The second-order valence-corrected chi connectivity index (χ2v) is 6.70. The van der Waals surface area contributed by atoms with Crippen molar-refractivity contribution in [3.8, 4) is 0 Å². The van der Waals surface area contributed by atoms with Crippen LogP contribution in [0.2, 0.25) is 0 Å². The van der Waals surface area contributed by atoms with E-state index >= 15 is 0 Å². The Labute approximate surface area is 114 Å². The van der Waals surface area contributed by atoms with Crippen LogP contribution in [0.5, 0.6) is 0 Å². The molecule has 1 fully saturated rings. The third kappa shape index (κ3) is 5.27. The molecule has 1 N–H and O–H groups in total. The molecular weight excluding hydrogens is 222 g/mol. The quantitative estimate of drug-likeness (QED) is 0.658. The van der Waals surface area contributed by atoms with E-state index in [4.69, 9.17) is 4.74 Å². The van der Waals surface area contributed by atoms with Gasteiger partial charge < -0.3 is 10.1 Å². The van der Waals surface area contributed by atoms with Crippen LogP contribution in [0.3, 0.4) is 0 Å². The van der Waals surface area contributed by atoms with E-state index in [9.17, 15) is 0 Å². The van der Waals surface area contributed by atoms with E-state index in [1.807, 2.05) is 7.11 Å². The summed E-state index contributed by atoms with van der Waals surface area (Å²) in [5, 5.41) is 3.66. The topological polar surface area (TPSA) is 21.3 Å². The van der Waals surface area contributed by atoms with E-state index in [0.717, 1.165) is 6.54 Å². The predicted molar refractivity (Wildman–Crippen MR) is 79.0 cm³/mol. The highest BCUT2D eigenvalue weighted by molar-refractivity contribution is 4.87. The molecule has 1 aliphatic rings. The molecule has 0 aromatic rings. The molecule has 0 radical (unpaired) electrons. The highest BCUT2D eigenvalue weighted by atomic mass is 16.5. The lowest BCUT2D eigenvalue weighted by Gasteiger charge is -2.40. The summed E-state index contributed by atoms with van der Waals surface area (Å²) in [6, 6.07) is 0. The summed E-state index contributed by atoms with van der Waals surface area (Å²) in [5.74, 6) is 0. The van der Waals surface area contributed by atoms with Crippen LogP contribution in [0, 0.1) is 5.41 Å². The first-order chi connectivity index (χ1) is 8.54. The Kier molecular flexibility index (Phi) is 6.65. The summed E-state index contributed by atoms with van der Waals surface area (Å²) in [4.78, 5) is 0. The second-order valence-electron chi connectivity index (χ2n) is 6.70. The van der Waals surface area contributed by atoms with Gasteiger partial charge in [-0.1, -0.05) is 26.2 Å². The number of ether oxygens (including phenoxy) is 1. The van der Waals surface area contributed by atoms with Gasteiger partial charge in [0, 0.05) is 13.7 Å². The molecule has 1 saturated carbocycles. The molecule has 0 saturated heterocycles. The van der Waals surface area contributed by atoms with Crippen molar-refractivity contribution < 1.29 is 4.74 Å². The molecule has 0 heterocycles. The van der Waals surface area contributed by atoms with Crippen LogP contribution in [0.25, 0.3) is 0 Å². The molecule has 2 heteroatoms. The fourth-order valence-corrected chi connectivity index (χ4v) is 3.02. The van der Waals surface area contributed by atoms with Gasteiger partial charge in [-0.3, -0.25) is 0 Å². The van der Waals surface area contributed by atoms with E-state index < -0.39 is 0 Å². The lowest BCUT2D eigenvalue weighted by atomic mass is 9.70. The lowest BCUT2D eigenvalue weighted by molar-refractivity contribution is -0.000826. The molecule has 18 heavy (non-hydrogen) atoms. The van der Waals surface area contributed by atoms with Crippen molar-refractivity contribution in [3.05, 3.63) is 0 Å². The van der Waals surface area contributed by atoms with Crippen LogP contribution < -0.4 is 5.32 Å². The Morgan fingerprint density at radius 2 is 1.83 bits per heavy atom. The van der Waals surface area contributed by atoms with E-state index in [-0.39, 0.29) is 5.60 Å². The SMILES string of the molecule is CCCNCC1(CCC(C)(C)OC)CCCCC1. The fourth-order valence-electron chi connectivity index (χ4n) is 3.02. The minimum absolute atomic E-state index is 0.0369. The summed E-state index contributed by atoms with van der Waals surface area (Å²) in [5.41, 5.74) is 0.582. The number of rotatable bonds is 8. The van der Waals surface area contributed by atoms with E-state index in [0.29, 0.717) is 5.41 Å². The van der Waals surface area contributed by atoms with Crippen molar-refractivity contribution in [3.63, 3.8) is 0 Å². The molecule has 0 amide bonds. The Hall–Kier alpha value is -0.0800. The van der Waals surface area contributed by atoms with Crippen molar-refractivity contribution >= 4 is 0 Å². The zero-order valence-electron chi connectivity index (χ0n) is 13.0. The minimum atomic E-state index is 0.0369. The van der Waals surface area contributed by atoms with Crippen LogP contribution in [0.15, 0.2) is 0 Å². The van der Waals surface area contributed by atoms with E-state index in [2.05, 4.69) is 26.1 Å². The van der Waals surface area contributed by atoms with Crippen molar-refractivity contribution in [2.24, 2.45) is 5.41 Å².